The molecular weight excluding hydrogens is 309 g/mol. The van der Waals surface area contributed by atoms with Gasteiger partial charge < -0.3 is 5.32 Å². The van der Waals surface area contributed by atoms with Crippen LogP contribution in [0.2, 0.25) is 0 Å². The number of fused-ring (bicyclic) bond motifs is 1. The first-order chi connectivity index (χ1) is 10.9. The number of nitrogens with zero attached hydrogens (tertiary/aromatic N) is 1. The number of aromatic nitrogens is 1. The summed E-state index contributed by atoms with van der Waals surface area (Å²) in [4.78, 5) is 15.8. The number of carbonyl (C=O) groups is 1. The number of halogens is 3. The number of rotatable bonds is 2. The van der Waals surface area contributed by atoms with Crippen molar-refractivity contribution in [2.45, 2.75) is 50.4 Å². The van der Waals surface area contributed by atoms with E-state index in [1.807, 2.05) is 0 Å². The highest BCUT2D eigenvalue weighted by Gasteiger charge is 2.40. The maximum Gasteiger partial charge on any atom is 0.433 e. The molecule has 5 nitrogen and oxygen atoms in total. The van der Waals surface area contributed by atoms with E-state index in [1.54, 1.807) is 0 Å². The zero-order valence-corrected chi connectivity index (χ0v) is 12.5. The van der Waals surface area contributed by atoms with Gasteiger partial charge >= 0.3 is 6.18 Å². The molecule has 0 radical (unpaired) electrons. The zero-order chi connectivity index (χ0) is 16.4. The highest BCUT2D eigenvalue weighted by molar-refractivity contribution is 5.95. The van der Waals surface area contributed by atoms with Crippen LogP contribution in [0, 0.1) is 5.92 Å². The fourth-order valence-electron chi connectivity index (χ4n) is 3.33. The van der Waals surface area contributed by atoms with Crippen LogP contribution in [0.4, 0.5) is 18.9 Å². The van der Waals surface area contributed by atoms with E-state index in [4.69, 9.17) is 0 Å². The van der Waals surface area contributed by atoms with E-state index < -0.39 is 11.9 Å². The highest BCUT2D eigenvalue weighted by Crippen LogP contribution is 2.30. The van der Waals surface area contributed by atoms with E-state index >= 15 is 0 Å². The molecule has 0 spiro atoms. The van der Waals surface area contributed by atoms with Gasteiger partial charge in [-0.25, -0.2) is 10.4 Å². The molecule has 1 saturated heterocycles. The number of amides is 1. The van der Waals surface area contributed by atoms with Gasteiger partial charge in [0.25, 0.3) is 0 Å². The standard InChI is InChI=1S/C15H19F3N4O/c16-15(17,18)12-7-6-9(8-19-12)20-14(23)13-10-4-2-1-3-5-11(10)21-22-13/h6-8,10-11,13,21-22H,1-5H2,(H,20,23). The number of anilines is 1. The molecule has 3 unspecified atom stereocenters. The Balaban J connectivity index is 1.65. The predicted molar refractivity (Wildman–Crippen MR) is 78.3 cm³/mol. The first-order valence-electron chi connectivity index (χ1n) is 7.80. The third-order valence-electron chi connectivity index (χ3n) is 4.53. The van der Waals surface area contributed by atoms with Crippen molar-refractivity contribution in [1.82, 2.24) is 15.8 Å². The van der Waals surface area contributed by atoms with Gasteiger partial charge in [0, 0.05) is 12.0 Å². The molecule has 0 aromatic carbocycles. The number of hydrogen-bond acceptors (Lipinski definition) is 4. The molecule has 8 heteroatoms. The van der Waals surface area contributed by atoms with Crippen molar-refractivity contribution in [3.05, 3.63) is 24.0 Å². The summed E-state index contributed by atoms with van der Waals surface area (Å²) in [6.45, 7) is 0. The zero-order valence-electron chi connectivity index (χ0n) is 12.5. The molecule has 1 aliphatic carbocycles. The van der Waals surface area contributed by atoms with Crippen molar-refractivity contribution in [3.8, 4) is 0 Å². The molecule has 1 aromatic rings. The molecule has 126 valence electrons. The summed E-state index contributed by atoms with van der Waals surface area (Å²) in [5.74, 6) is -0.0339. The van der Waals surface area contributed by atoms with E-state index in [2.05, 4.69) is 21.2 Å². The van der Waals surface area contributed by atoms with E-state index in [-0.39, 0.29) is 29.6 Å². The number of nitrogens with one attached hydrogen (secondary N) is 3. The van der Waals surface area contributed by atoms with Crippen LogP contribution in [0.25, 0.3) is 0 Å². The summed E-state index contributed by atoms with van der Waals surface area (Å²) in [5.41, 5.74) is 5.48. The van der Waals surface area contributed by atoms with Gasteiger partial charge in [0.1, 0.15) is 11.7 Å². The number of hydrogen-bond donors (Lipinski definition) is 3. The minimum atomic E-state index is -4.48. The van der Waals surface area contributed by atoms with Crippen LogP contribution in [-0.2, 0) is 11.0 Å². The minimum absolute atomic E-state index is 0.208. The van der Waals surface area contributed by atoms with Crippen molar-refractivity contribution in [1.29, 1.82) is 0 Å². The molecule has 2 heterocycles. The lowest BCUT2D eigenvalue weighted by molar-refractivity contribution is -0.141. The highest BCUT2D eigenvalue weighted by atomic mass is 19.4. The second-order valence-electron chi connectivity index (χ2n) is 6.09. The maximum absolute atomic E-state index is 12.5. The molecule has 3 rings (SSSR count). The lowest BCUT2D eigenvalue weighted by atomic mass is 9.89. The van der Waals surface area contributed by atoms with Crippen LogP contribution < -0.4 is 16.2 Å². The average molecular weight is 328 g/mol. The first-order valence-corrected chi connectivity index (χ1v) is 7.80. The van der Waals surface area contributed by atoms with E-state index in [0.717, 1.165) is 37.9 Å². The molecule has 2 aliphatic rings. The van der Waals surface area contributed by atoms with Crippen LogP contribution in [0.3, 0.4) is 0 Å². The Morgan fingerprint density at radius 2 is 1.96 bits per heavy atom. The van der Waals surface area contributed by atoms with E-state index in [0.29, 0.717) is 0 Å². The lowest BCUT2D eigenvalue weighted by Gasteiger charge is -2.20. The quantitative estimate of drug-likeness (QED) is 0.780. The maximum atomic E-state index is 12.5. The topological polar surface area (TPSA) is 66.0 Å². The van der Waals surface area contributed by atoms with Crippen LogP contribution in [0.5, 0.6) is 0 Å². The van der Waals surface area contributed by atoms with Gasteiger partial charge in [-0.2, -0.15) is 13.2 Å². The normalized spacial score (nSPS) is 28.0. The number of carbonyl (C=O) groups excluding carboxylic acids is 1. The number of pyridine rings is 1. The molecule has 3 N–H and O–H groups in total. The molecular formula is C15H19F3N4O. The largest absolute Gasteiger partial charge is 0.433 e. The first kappa shape index (κ1) is 16.2. The summed E-state index contributed by atoms with van der Waals surface area (Å²) in [5, 5.41) is 2.64. The van der Waals surface area contributed by atoms with Gasteiger partial charge in [0.15, 0.2) is 0 Å². The van der Waals surface area contributed by atoms with Crippen molar-refractivity contribution in [3.63, 3.8) is 0 Å². The summed E-state index contributed by atoms with van der Waals surface area (Å²) < 4.78 is 37.5. The summed E-state index contributed by atoms with van der Waals surface area (Å²) in [6.07, 6.45) is 1.97. The fourth-order valence-corrected chi connectivity index (χ4v) is 3.33. The Hall–Kier alpha value is -1.67. The third-order valence-corrected chi connectivity index (χ3v) is 4.53. The minimum Gasteiger partial charge on any atom is -0.323 e. The predicted octanol–water partition coefficient (Wildman–Crippen LogP) is 2.46. The summed E-state index contributed by atoms with van der Waals surface area (Å²) in [7, 11) is 0. The summed E-state index contributed by atoms with van der Waals surface area (Å²) in [6, 6.07) is 1.99. The SMILES string of the molecule is O=C(Nc1ccc(C(F)(F)F)nc1)C1NNC2CCCCCC21. The monoisotopic (exact) mass is 328 g/mol. The van der Waals surface area contributed by atoms with Gasteiger partial charge in [0.2, 0.25) is 5.91 Å². The second kappa shape index (κ2) is 6.45. The van der Waals surface area contributed by atoms with E-state index in [9.17, 15) is 18.0 Å². The molecule has 1 aliphatic heterocycles. The van der Waals surface area contributed by atoms with Gasteiger partial charge in [-0.3, -0.25) is 10.2 Å². The fraction of sp³-hybridized carbons (Fsp3) is 0.600. The van der Waals surface area contributed by atoms with E-state index in [1.165, 1.54) is 12.5 Å². The Kier molecular flexibility index (Phi) is 4.54. The van der Waals surface area contributed by atoms with Crippen molar-refractivity contribution >= 4 is 11.6 Å². The van der Waals surface area contributed by atoms with Gasteiger partial charge in [-0.05, 0) is 25.0 Å². The molecule has 23 heavy (non-hydrogen) atoms. The third kappa shape index (κ3) is 3.64. The molecule has 1 amide bonds. The van der Waals surface area contributed by atoms with Crippen LogP contribution >= 0.6 is 0 Å². The second-order valence-corrected chi connectivity index (χ2v) is 6.09. The van der Waals surface area contributed by atoms with Crippen molar-refractivity contribution < 1.29 is 18.0 Å². The Morgan fingerprint density at radius 1 is 1.17 bits per heavy atom. The molecule has 1 saturated carbocycles. The Labute approximate surface area is 132 Å². The Morgan fingerprint density at radius 3 is 2.65 bits per heavy atom. The lowest BCUT2D eigenvalue weighted by Crippen LogP contribution is -2.42. The number of alkyl halides is 3. The summed E-state index contributed by atoms with van der Waals surface area (Å²) >= 11 is 0. The average Bonchev–Trinajstić information content (AvgIpc) is 2.76. The van der Waals surface area contributed by atoms with Crippen LogP contribution in [0.1, 0.15) is 37.8 Å². The molecule has 0 bridgehead atoms. The Bertz CT molecular complexity index is 561. The van der Waals surface area contributed by atoms with Crippen LogP contribution in [-0.4, -0.2) is 23.0 Å². The molecule has 2 fully saturated rings. The van der Waals surface area contributed by atoms with Crippen LogP contribution in [0.15, 0.2) is 18.3 Å². The van der Waals surface area contributed by atoms with Crippen molar-refractivity contribution in [2.24, 2.45) is 5.92 Å². The number of hydrazine groups is 1. The van der Waals surface area contributed by atoms with Gasteiger partial charge in [0.05, 0.1) is 11.9 Å². The molecule has 1 aromatic heterocycles. The molecule has 3 atom stereocenters. The van der Waals surface area contributed by atoms with Gasteiger partial charge in [-0.1, -0.05) is 19.3 Å². The van der Waals surface area contributed by atoms with Crippen molar-refractivity contribution in [2.75, 3.05) is 5.32 Å². The smallest absolute Gasteiger partial charge is 0.323 e. The van der Waals surface area contributed by atoms with Gasteiger partial charge in [-0.15, -0.1) is 0 Å².